The first-order valence-corrected chi connectivity index (χ1v) is 12.4. The van der Waals surface area contributed by atoms with Gasteiger partial charge in [-0.3, -0.25) is 4.79 Å². The van der Waals surface area contributed by atoms with Crippen LogP contribution in [0.25, 0.3) is 11.1 Å². The number of carbonyl (C=O) groups is 1. The number of anilines is 1. The zero-order valence-corrected chi connectivity index (χ0v) is 19.2. The molecular weight excluding hydrogens is 420 g/mol. The first-order chi connectivity index (χ1) is 15.3. The summed E-state index contributed by atoms with van der Waals surface area (Å²) < 4.78 is 26.9. The average Bonchev–Trinajstić information content (AvgIpc) is 3.36. The third-order valence-electron chi connectivity index (χ3n) is 5.87. The molecule has 3 aromatic rings. The van der Waals surface area contributed by atoms with E-state index >= 15 is 0 Å². The highest BCUT2D eigenvalue weighted by Crippen LogP contribution is 2.25. The lowest BCUT2D eigenvalue weighted by atomic mass is 10.0. The Kier molecular flexibility index (Phi) is 6.44. The monoisotopic (exact) mass is 448 g/mol. The minimum atomic E-state index is -3.41. The molecule has 1 saturated heterocycles. The molecule has 1 N–H and O–H groups in total. The number of hydrogen-bond acceptors (Lipinski definition) is 3. The molecule has 1 amide bonds. The number of amides is 1. The summed E-state index contributed by atoms with van der Waals surface area (Å²) >= 11 is 0. The van der Waals surface area contributed by atoms with Crippen molar-refractivity contribution in [3.63, 3.8) is 0 Å². The molecule has 6 heteroatoms. The van der Waals surface area contributed by atoms with Gasteiger partial charge in [-0.15, -0.1) is 0 Å². The number of sulfonamides is 1. The van der Waals surface area contributed by atoms with E-state index in [-0.39, 0.29) is 5.91 Å². The van der Waals surface area contributed by atoms with Crippen molar-refractivity contribution in [1.29, 1.82) is 0 Å². The maximum absolute atomic E-state index is 12.7. The van der Waals surface area contributed by atoms with Crippen molar-refractivity contribution < 1.29 is 13.2 Å². The predicted octanol–water partition coefficient (Wildman–Crippen LogP) is 5.51. The number of rotatable bonds is 6. The van der Waals surface area contributed by atoms with Crippen molar-refractivity contribution in [2.45, 2.75) is 37.5 Å². The second-order valence-corrected chi connectivity index (χ2v) is 10.4. The molecular formula is C26H28N2O3S. The van der Waals surface area contributed by atoms with Gasteiger partial charge in [-0.05, 0) is 71.8 Å². The van der Waals surface area contributed by atoms with Crippen LogP contribution in [0, 0.1) is 0 Å². The number of carbonyl (C=O) groups excluding carboxylic acids is 1. The maximum atomic E-state index is 12.7. The van der Waals surface area contributed by atoms with Gasteiger partial charge in [0.1, 0.15) is 0 Å². The lowest BCUT2D eigenvalue weighted by Crippen LogP contribution is -2.27. The molecule has 0 unspecified atom stereocenters. The lowest BCUT2D eigenvalue weighted by Gasteiger charge is -2.15. The SMILES string of the molecule is CC(C)c1ccc(NC(=O)c2ccc(-c3ccc(S(=O)(=O)N4CCCC4)cc3)cc2)cc1. The van der Waals surface area contributed by atoms with E-state index in [4.69, 9.17) is 0 Å². The van der Waals surface area contributed by atoms with E-state index in [1.165, 1.54) is 5.56 Å². The van der Waals surface area contributed by atoms with E-state index in [9.17, 15) is 13.2 Å². The van der Waals surface area contributed by atoms with Crippen molar-refractivity contribution in [2.24, 2.45) is 0 Å². The highest BCUT2D eigenvalue weighted by Gasteiger charge is 2.26. The van der Waals surface area contributed by atoms with Crippen LogP contribution in [0.3, 0.4) is 0 Å². The molecule has 1 aliphatic heterocycles. The molecule has 1 heterocycles. The second-order valence-electron chi connectivity index (χ2n) is 8.44. The predicted molar refractivity (Wildman–Crippen MR) is 128 cm³/mol. The van der Waals surface area contributed by atoms with Crippen molar-refractivity contribution in [1.82, 2.24) is 4.31 Å². The van der Waals surface area contributed by atoms with E-state index in [0.29, 0.717) is 29.5 Å². The molecule has 1 fully saturated rings. The van der Waals surface area contributed by atoms with Gasteiger partial charge in [0.05, 0.1) is 4.90 Å². The fourth-order valence-electron chi connectivity index (χ4n) is 3.87. The molecule has 1 aliphatic rings. The third-order valence-corrected chi connectivity index (χ3v) is 7.79. The Bertz CT molecular complexity index is 1180. The van der Waals surface area contributed by atoms with E-state index in [0.717, 1.165) is 29.7 Å². The molecule has 3 aromatic carbocycles. The Balaban J connectivity index is 1.44. The minimum Gasteiger partial charge on any atom is -0.322 e. The van der Waals surface area contributed by atoms with Crippen LogP contribution in [0.5, 0.6) is 0 Å². The number of nitrogens with zero attached hydrogens (tertiary/aromatic N) is 1. The third kappa shape index (κ3) is 4.76. The van der Waals surface area contributed by atoms with Gasteiger partial charge in [0.25, 0.3) is 5.91 Å². The fraction of sp³-hybridized carbons (Fsp3) is 0.269. The van der Waals surface area contributed by atoms with Crippen molar-refractivity contribution in [2.75, 3.05) is 18.4 Å². The van der Waals surface area contributed by atoms with Gasteiger partial charge in [0.2, 0.25) is 10.0 Å². The summed E-state index contributed by atoms with van der Waals surface area (Å²) in [7, 11) is -3.41. The van der Waals surface area contributed by atoms with E-state index < -0.39 is 10.0 Å². The van der Waals surface area contributed by atoms with Crippen molar-refractivity contribution >= 4 is 21.6 Å². The fourth-order valence-corrected chi connectivity index (χ4v) is 5.38. The molecule has 5 nitrogen and oxygen atoms in total. The molecule has 0 spiro atoms. The maximum Gasteiger partial charge on any atom is 0.255 e. The largest absolute Gasteiger partial charge is 0.322 e. The Hall–Kier alpha value is -2.96. The normalized spacial score (nSPS) is 14.6. The summed E-state index contributed by atoms with van der Waals surface area (Å²) in [4.78, 5) is 12.9. The highest BCUT2D eigenvalue weighted by atomic mass is 32.2. The van der Waals surface area contributed by atoms with Crippen LogP contribution in [-0.4, -0.2) is 31.7 Å². The highest BCUT2D eigenvalue weighted by molar-refractivity contribution is 7.89. The number of hydrogen-bond donors (Lipinski definition) is 1. The van der Waals surface area contributed by atoms with Gasteiger partial charge >= 0.3 is 0 Å². The molecule has 0 saturated carbocycles. The molecule has 0 radical (unpaired) electrons. The second kappa shape index (κ2) is 9.27. The van der Waals surface area contributed by atoms with Crippen LogP contribution < -0.4 is 5.32 Å². The van der Waals surface area contributed by atoms with Gasteiger partial charge < -0.3 is 5.32 Å². The Morgan fingerprint density at radius 1 is 0.812 bits per heavy atom. The van der Waals surface area contributed by atoms with Crippen LogP contribution in [0.1, 0.15) is 48.5 Å². The standard InChI is InChI=1S/C26H28N2O3S/c1-19(2)20-9-13-24(14-10-20)27-26(29)23-7-5-21(6-8-23)22-11-15-25(16-12-22)32(30,31)28-17-3-4-18-28/h5-16,19H,3-4,17-18H2,1-2H3,(H,27,29). The van der Waals surface area contributed by atoms with Crippen LogP contribution in [-0.2, 0) is 10.0 Å². The summed E-state index contributed by atoms with van der Waals surface area (Å²) in [6.45, 7) is 5.45. The van der Waals surface area contributed by atoms with Gasteiger partial charge in [0, 0.05) is 24.3 Å². The molecule has 0 aliphatic carbocycles. The quantitative estimate of drug-likeness (QED) is 0.540. The molecule has 32 heavy (non-hydrogen) atoms. The smallest absolute Gasteiger partial charge is 0.255 e. The van der Waals surface area contributed by atoms with E-state index in [2.05, 4.69) is 19.2 Å². The molecule has 4 rings (SSSR count). The van der Waals surface area contributed by atoms with E-state index in [1.807, 2.05) is 48.5 Å². The zero-order valence-electron chi connectivity index (χ0n) is 18.4. The summed E-state index contributed by atoms with van der Waals surface area (Å²) in [5, 5.41) is 2.92. The lowest BCUT2D eigenvalue weighted by molar-refractivity contribution is 0.102. The molecule has 166 valence electrons. The van der Waals surface area contributed by atoms with Crippen molar-refractivity contribution in [3.8, 4) is 11.1 Å². The van der Waals surface area contributed by atoms with E-state index in [1.54, 1.807) is 28.6 Å². The summed E-state index contributed by atoms with van der Waals surface area (Å²) in [5.74, 6) is 0.280. The number of nitrogens with one attached hydrogen (secondary N) is 1. The van der Waals surface area contributed by atoms with Crippen molar-refractivity contribution in [3.05, 3.63) is 83.9 Å². The first-order valence-electron chi connectivity index (χ1n) is 11.0. The van der Waals surface area contributed by atoms with Crippen LogP contribution in [0.4, 0.5) is 5.69 Å². The average molecular weight is 449 g/mol. The van der Waals surface area contributed by atoms with Gasteiger partial charge in [0.15, 0.2) is 0 Å². The summed E-state index contributed by atoms with van der Waals surface area (Å²) in [5.41, 5.74) is 4.38. The van der Waals surface area contributed by atoms with Gasteiger partial charge in [-0.25, -0.2) is 8.42 Å². The van der Waals surface area contributed by atoms with Gasteiger partial charge in [-0.2, -0.15) is 4.31 Å². The molecule has 0 atom stereocenters. The first kappa shape index (κ1) is 22.2. The van der Waals surface area contributed by atoms with Crippen LogP contribution >= 0.6 is 0 Å². The topological polar surface area (TPSA) is 66.5 Å². The number of benzene rings is 3. The summed E-state index contributed by atoms with van der Waals surface area (Å²) in [6, 6.07) is 22.1. The molecule has 0 aromatic heterocycles. The summed E-state index contributed by atoms with van der Waals surface area (Å²) in [6.07, 6.45) is 1.83. The Morgan fingerprint density at radius 3 is 1.88 bits per heavy atom. The molecule has 0 bridgehead atoms. The Labute approximate surface area is 190 Å². The van der Waals surface area contributed by atoms with Crippen LogP contribution in [0.2, 0.25) is 0 Å². The Morgan fingerprint density at radius 2 is 1.34 bits per heavy atom. The zero-order chi connectivity index (χ0) is 22.7. The minimum absolute atomic E-state index is 0.166. The van der Waals surface area contributed by atoms with Crippen LogP contribution in [0.15, 0.2) is 77.7 Å². The van der Waals surface area contributed by atoms with Gasteiger partial charge in [-0.1, -0.05) is 50.2 Å².